The van der Waals surface area contributed by atoms with Gasteiger partial charge in [-0.25, -0.2) is 4.79 Å². The number of carbonyl (C=O) groups is 3. The summed E-state index contributed by atoms with van der Waals surface area (Å²) in [6.45, 7) is -0.452. The molecule has 0 radical (unpaired) electrons. The lowest BCUT2D eigenvalue weighted by Gasteiger charge is -2.22. The molecule has 0 unspecified atom stereocenters. The van der Waals surface area contributed by atoms with Gasteiger partial charge in [0.1, 0.15) is 0 Å². The molecule has 0 atom stereocenters. The molecule has 6 nitrogen and oxygen atoms in total. The molecule has 0 spiro atoms. The van der Waals surface area contributed by atoms with E-state index in [2.05, 4.69) is 10.6 Å². The summed E-state index contributed by atoms with van der Waals surface area (Å²) in [6.07, 6.45) is 5.25. The molecular weight excluding hydrogens is 328 g/mol. The maximum absolute atomic E-state index is 11.7. The van der Waals surface area contributed by atoms with Crippen molar-refractivity contribution in [1.82, 2.24) is 10.6 Å². The van der Waals surface area contributed by atoms with E-state index in [1.807, 2.05) is 30.3 Å². The SMILES string of the molecule is O=C(COC(=O)CSc1ccccc1)NC(=O)NC1CCCCC1. The molecule has 1 aromatic rings. The summed E-state index contributed by atoms with van der Waals surface area (Å²) >= 11 is 1.33. The zero-order chi connectivity index (χ0) is 17.2. The molecule has 0 heterocycles. The van der Waals surface area contributed by atoms with Crippen LogP contribution in [0, 0.1) is 0 Å². The summed E-state index contributed by atoms with van der Waals surface area (Å²) in [5.41, 5.74) is 0. The predicted octanol–water partition coefficient (Wildman–Crippen LogP) is 2.48. The number of nitrogens with one attached hydrogen (secondary N) is 2. The predicted molar refractivity (Wildman–Crippen MR) is 91.7 cm³/mol. The highest BCUT2D eigenvalue weighted by molar-refractivity contribution is 8.00. The van der Waals surface area contributed by atoms with Gasteiger partial charge >= 0.3 is 12.0 Å². The number of ether oxygens (including phenoxy) is 1. The van der Waals surface area contributed by atoms with Crippen molar-refractivity contribution in [2.24, 2.45) is 0 Å². The number of amides is 3. The van der Waals surface area contributed by atoms with Crippen LogP contribution in [0.4, 0.5) is 4.79 Å². The Hall–Kier alpha value is -2.02. The first-order valence-corrected chi connectivity index (χ1v) is 9.06. The molecule has 1 saturated carbocycles. The monoisotopic (exact) mass is 350 g/mol. The van der Waals surface area contributed by atoms with E-state index in [1.54, 1.807) is 0 Å². The maximum atomic E-state index is 11.7. The van der Waals surface area contributed by atoms with E-state index in [0.717, 1.165) is 30.6 Å². The smallest absolute Gasteiger partial charge is 0.321 e. The van der Waals surface area contributed by atoms with Crippen molar-refractivity contribution in [2.45, 2.75) is 43.0 Å². The van der Waals surface area contributed by atoms with Crippen LogP contribution in [-0.2, 0) is 14.3 Å². The number of carbonyl (C=O) groups excluding carboxylic acids is 3. The summed E-state index contributed by atoms with van der Waals surface area (Å²) in [7, 11) is 0. The van der Waals surface area contributed by atoms with Crippen LogP contribution in [0.5, 0.6) is 0 Å². The Morgan fingerprint density at radius 3 is 2.50 bits per heavy atom. The molecule has 7 heteroatoms. The average Bonchev–Trinajstić information content (AvgIpc) is 2.60. The third kappa shape index (κ3) is 7.04. The van der Waals surface area contributed by atoms with Crippen LogP contribution >= 0.6 is 11.8 Å². The van der Waals surface area contributed by atoms with Crippen molar-refractivity contribution in [2.75, 3.05) is 12.4 Å². The molecule has 2 rings (SSSR count). The Balaban J connectivity index is 1.59. The molecule has 0 aromatic heterocycles. The Bertz CT molecular complexity index is 559. The third-order valence-electron chi connectivity index (χ3n) is 3.66. The van der Waals surface area contributed by atoms with Gasteiger partial charge < -0.3 is 10.1 Å². The Kier molecular flexibility index (Phi) is 7.61. The molecule has 3 amide bonds. The zero-order valence-corrected chi connectivity index (χ0v) is 14.3. The minimum atomic E-state index is -0.624. The van der Waals surface area contributed by atoms with Crippen LogP contribution in [0.15, 0.2) is 35.2 Å². The van der Waals surface area contributed by atoms with Crippen molar-refractivity contribution in [3.63, 3.8) is 0 Å². The highest BCUT2D eigenvalue weighted by Gasteiger charge is 2.17. The summed E-state index contributed by atoms with van der Waals surface area (Å²) in [5.74, 6) is -1.00. The highest BCUT2D eigenvalue weighted by atomic mass is 32.2. The van der Waals surface area contributed by atoms with Gasteiger partial charge in [0.2, 0.25) is 0 Å². The van der Waals surface area contributed by atoms with Crippen molar-refractivity contribution >= 4 is 29.7 Å². The van der Waals surface area contributed by atoms with Crippen LogP contribution in [0.3, 0.4) is 0 Å². The van der Waals surface area contributed by atoms with Gasteiger partial charge in [-0.15, -0.1) is 11.8 Å². The van der Waals surface area contributed by atoms with Crippen molar-refractivity contribution < 1.29 is 19.1 Å². The van der Waals surface area contributed by atoms with Gasteiger partial charge in [0.05, 0.1) is 5.75 Å². The maximum Gasteiger partial charge on any atom is 0.321 e. The van der Waals surface area contributed by atoms with Crippen LogP contribution < -0.4 is 10.6 Å². The Morgan fingerprint density at radius 2 is 1.79 bits per heavy atom. The van der Waals surface area contributed by atoms with E-state index in [4.69, 9.17) is 4.74 Å². The van der Waals surface area contributed by atoms with E-state index in [1.165, 1.54) is 18.2 Å². The van der Waals surface area contributed by atoms with Gasteiger partial charge in [-0.3, -0.25) is 14.9 Å². The topological polar surface area (TPSA) is 84.5 Å². The average molecular weight is 350 g/mol. The minimum Gasteiger partial charge on any atom is -0.455 e. The molecule has 1 aliphatic carbocycles. The number of thioether (sulfide) groups is 1. The normalized spacial score (nSPS) is 14.7. The van der Waals surface area contributed by atoms with Gasteiger partial charge in [0.25, 0.3) is 5.91 Å². The molecule has 2 N–H and O–H groups in total. The fourth-order valence-electron chi connectivity index (χ4n) is 2.48. The molecule has 0 bridgehead atoms. The third-order valence-corrected chi connectivity index (χ3v) is 4.64. The first-order chi connectivity index (χ1) is 11.6. The lowest BCUT2D eigenvalue weighted by atomic mass is 9.96. The van der Waals surface area contributed by atoms with Crippen molar-refractivity contribution in [3.05, 3.63) is 30.3 Å². The molecule has 0 saturated heterocycles. The first-order valence-electron chi connectivity index (χ1n) is 8.07. The zero-order valence-electron chi connectivity index (χ0n) is 13.5. The number of hydrogen-bond donors (Lipinski definition) is 2. The van der Waals surface area contributed by atoms with Crippen LogP contribution in [-0.4, -0.2) is 36.3 Å². The second-order valence-corrected chi connectivity index (χ2v) is 6.67. The minimum absolute atomic E-state index is 0.117. The number of benzene rings is 1. The molecule has 130 valence electrons. The van der Waals surface area contributed by atoms with Crippen LogP contribution in [0.1, 0.15) is 32.1 Å². The van der Waals surface area contributed by atoms with E-state index in [9.17, 15) is 14.4 Å². The molecule has 1 aromatic carbocycles. The quantitative estimate of drug-likeness (QED) is 0.608. The second kappa shape index (κ2) is 9.97. The van der Waals surface area contributed by atoms with Crippen molar-refractivity contribution in [3.8, 4) is 0 Å². The summed E-state index contributed by atoms with van der Waals surface area (Å²) in [5, 5.41) is 4.95. The number of esters is 1. The van der Waals surface area contributed by atoms with Gasteiger partial charge in [-0.05, 0) is 25.0 Å². The van der Waals surface area contributed by atoms with Crippen LogP contribution in [0.25, 0.3) is 0 Å². The standard InChI is InChI=1S/C17H22N2O4S/c20-15(19-17(22)18-13-7-3-1-4-8-13)11-23-16(21)12-24-14-9-5-2-6-10-14/h2,5-6,9-10,13H,1,3-4,7-8,11-12H2,(H2,18,19,20,22). The van der Waals surface area contributed by atoms with Crippen LogP contribution in [0.2, 0.25) is 0 Å². The first kappa shape index (κ1) is 18.3. The summed E-state index contributed by atoms with van der Waals surface area (Å²) < 4.78 is 4.86. The Morgan fingerprint density at radius 1 is 1.08 bits per heavy atom. The Labute approximate surface area is 145 Å². The van der Waals surface area contributed by atoms with Crippen molar-refractivity contribution in [1.29, 1.82) is 0 Å². The lowest BCUT2D eigenvalue weighted by molar-refractivity contribution is -0.145. The number of hydrogen-bond acceptors (Lipinski definition) is 5. The van der Waals surface area contributed by atoms with Gasteiger partial charge in [0.15, 0.2) is 6.61 Å². The number of urea groups is 1. The number of imide groups is 1. The second-order valence-electron chi connectivity index (χ2n) is 5.62. The van der Waals surface area contributed by atoms with E-state index in [-0.39, 0.29) is 11.8 Å². The molecule has 0 aliphatic heterocycles. The molecule has 1 fully saturated rings. The summed E-state index contributed by atoms with van der Waals surface area (Å²) in [4.78, 5) is 35.9. The fourth-order valence-corrected chi connectivity index (χ4v) is 3.20. The van der Waals surface area contributed by atoms with E-state index < -0.39 is 24.5 Å². The highest BCUT2D eigenvalue weighted by Crippen LogP contribution is 2.17. The van der Waals surface area contributed by atoms with E-state index >= 15 is 0 Å². The largest absolute Gasteiger partial charge is 0.455 e. The fraction of sp³-hybridized carbons (Fsp3) is 0.471. The molecule has 24 heavy (non-hydrogen) atoms. The molecule has 1 aliphatic rings. The lowest BCUT2D eigenvalue weighted by Crippen LogP contribution is -2.46. The van der Waals surface area contributed by atoms with Gasteiger partial charge in [0, 0.05) is 10.9 Å². The number of rotatable bonds is 6. The molecular formula is C17H22N2O4S. The summed E-state index contributed by atoms with van der Waals surface area (Å²) in [6, 6.07) is 9.03. The van der Waals surface area contributed by atoms with E-state index in [0.29, 0.717) is 0 Å². The van der Waals surface area contributed by atoms with Gasteiger partial charge in [-0.1, -0.05) is 37.5 Å². The van der Waals surface area contributed by atoms with Gasteiger partial charge in [-0.2, -0.15) is 0 Å².